The fourth-order valence-electron chi connectivity index (χ4n) is 3.57. The zero-order valence-corrected chi connectivity index (χ0v) is 18.0. The summed E-state index contributed by atoms with van der Waals surface area (Å²) in [6.07, 6.45) is 3.04. The monoisotopic (exact) mass is 421 g/mol. The van der Waals surface area contributed by atoms with Crippen molar-refractivity contribution in [3.8, 4) is 17.1 Å². The summed E-state index contributed by atoms with van der Waals surface area (Å²) in [4.78, 5) is 27.2. The smallest absolute Gasteiger partial charge is 0.317 e. The van der Waals surface area contributed by atoms with E-state index in [1.54, 1.807) is 24.3 Å². The molecule has 8 heteroatoms. The predicted octanol–water partition coefficient (Wildman–Crippen LogP) is 3.23. The number of hydrogen-bond acceptors (Lipinski definition) is 6. The van der Waals surface area contributed by atoms with Gasteiger partial charge in [0.15, 0.2) is 5.52 Å². The molecule has 0 unspecified atom stereocenters. The fraction of sp³-hybridized carbons (Fsp3) is 0.391. The van der Waals surface area contributed by atoms with Gasteiger partial charge in [-0.05, 0) is 17.5 Å². The SMILES string of the molecule is CNC(=O)N1CCO[C@H](COc2nc(-c3ccc(C(C)C)cc3)cc3nccnc23)C1. The van der Waals surface area contributed by atoms with Crippen molar-refractivity contribution in [1.29, 1.82) is 0 Å². The number of carbonyl (C=O) groups is 1. The van der Waals surface area contributed by atoms with Crippen LogP contribution in [0.5, 0.6) is 5.88 Å². The molecule has 8 nitrogen and oxygen atoms in total. The van der Waals surface area contributed by atoms with Crippen LogP contribution in [0.2, 0.25) is 0 Å². The standard InChI is InChI=1S/C23H27N5O3/c1-15(2)16-4-6-17(7-5-16)19-12-20-21(26-9-8-25-20)22(27-19)31-14-18-13-28(10-11-30-18)23(29)24-3/h4-9,12,15,18H,10-11,13-14H2,1-3H3,(H,24,29)/t18-/m0/s1. The molecule has 1 saturated heterocycles. The van der Waals surface area contributed by atoms with Crippen molar-refractivity contribution < 1.29 is 14.3 Å². The first-order chi connectivity index (χ1) is 15.0. The van der Waals surface area contributed by atoms with E-state index in [0.717, 1.165) is 11.3 Å². The summed E-state index contributed by atoms with van der Waals surface area (Å²) >= 11 is 0. The highest BCUT2D eigenvalue weighted by molar-refractivity contribution is 5.83. The van der Waals surface area contributed by atoms with Crippen LogP contribution in [0.3, 0.4) is 0 Å². The lowest BCUT2D eigenvalue weighted by atomic mass is 10.0. The number of carbonyl (C=O) groups excluding carboxylic acids is 1. The number of benzene rings is 1. The van der Waals surface area contributed by atoms with Gasteiger partial charge in [0.2, 0.25) is 5.88 Å². The number of rotatable bonds is 5. The van der Waals surface area contributed by atoms with Crippen molar-refractivity contribution in [1.82, 2.24) is 25.2 Å². The Balaban J connectivity index is 1.57. The highest BCUT2D eigenvalue weighted by atomic mass is 16.5. The second-order valence-electron chi connectivity index (χ2n) is 7.82. The van der Waals surface area contributed by atoms with E-state index in [4.69, 9.17) is 14.5 Å². The number of ether oxygens (including phenoxy) is 2. The summed E-state index contributed by atoms with van der Waals surface area (Å²) in [5, 5.41) is 2.65. The van der Waals surface area contributed by atoms with Crippen molar-refractivity contribution in [2.75, 3.05) is 33.4 Å². The van der Waals surface area contributed by atoms with Crippen LogP contribution in [0.25, 0.3) is 22.3 Å². The lowest BCUT2D eigenvalue weighted by Crippen LogP contribution is -2.50. The Kier molecular flexibility index (Phi) is 6.27. The third kappa shape index (κ3) is 4.74. The Morgan fingerprint density at radius 2 is 2.03 bits per heavy atom. The molecule has 1 atom stereocenters. The minimum atomic E-state index is -0.242. The molecule has 0 saturated carbocycles. The molecule has 1 aromatic carbocycles. The highest BCUT2D eigenvalue weighted by Crippen LogP contribution is 2.28. The molecular formula is C23H27N5O3. The Hall–Kier alpha value is -3.26. The Labute approximate surface area is 181 Å². The molecule has 0 radical (unpaired) electrons. The van der Waals surface area contributed by atoms with Gasteiger partial charge in [0.1, 0.15) is 12.7 Å². The van der Waals surface area contributed by atoms with Crippen LogP contribution in [0, 0.1) is 0 Å². The van der Waals surface area contributed by atoms with E-state index >= 15 is 0 Å². The number of morpholine rings is 1. The van der Waals surface area contributed by atoms with Gasteiger partial charge in [-0.3, -0.25) is 4.98 Å². The van der Waals surface area contributed by atoms with Gasteiger partial charge in [0.05, 0.1) is 24.4 Å². The maximum absolute atomic E-state index is 11.9. The Bertz CT molecular complexity index is 1050. The van der Waals surface area contributed by atoms with Gasteiger partial charge >= 0.3 is 6.03 Å². The van der Waals surface area contributed by atoms with E-state index in [1.807, 2.05) is 6.07 Å². The van der Waals surface area contributed by atoms with Gasteiger partial charge in [0, 0.05) is 31.5 Å². The molecule has 1 aliphatic rings. The molecule has 1 N–H and O–H groups in total. The first kappa shape index (κ1) is 21.0. The largest absolute Gasteiger partial charge is 0.473 e. The average molecular weight is 422 g/mol. The van der Waals surface area contributed by atoms with Crippen LogP contribution in [-0.4, -0.2) is 65.3 Å². The van der Waals surface area contributed by atoms with Crippen molar-refractivity contribution in [3.05, 3.63) is 48.3 Å². The van der Waals surface area contributed by atoms with Crippen molar-refractivity contribution in [3.63, 3.8) is 0 Å². The maximum Gasteiger partial charge on any atom is 0.317 e. The number of aromatic nitrogens is 3. The van der Waals surface area contributed by atoms with Gasteiger partial charge in [-0.2, -0.15) is 0 Å². The quantitative estimate of drug-likeness (QED) is 0.680. The van der Waals surface area contributed by atoms with E-state index in [0.29, 0.717) is 42.5 Å². The zero-order chi connectivity index (χ0) is 21.8. The second-order valence-corrected chi connectivity index (χ2v) is 7.82. The summed E-state index contributed by atoms with van der Waals surface area (Å²) < 4.78 is 11.8. The fourth-order valence-corrected chi connectivity index (χ4v) is 3.57. The summed E-state index contributed by atoms with van der Waals surface area (Å²) in [6, 6.07) is 10.2. The predicted molar refractivity (Wildman–Crippen MR) is 118 cm³/mol. The van der Waals surface area contributed by atoms with Gasteiger partial charge in [-0.25, -0.2) is 14.8 Å². The van der Waals surface area contributed by atoms with Crippen molar-refractivity contribution in [2.24, 2.45) is 0 Å². The van der Waals surface area contributed by atoms with Crippen LogP contribution in [-0.2, 0) is 4.74 Å². The lowest BCUT2D eigenvalue weighted by molar-refractivity contribution is -0.0354. The molecule has 2 aromatic heterocycles. The van der Waals surface area contributed by atoms with Gasteiger partial charge in [0.25, 0.3) is 0 Å². The molecule has 3 heterocycles. The van der Waals surface area contributed by atoms with Crippen LogP contribution < -0.4 is 10.1 Å². The van der Waals surface area contributed by atoms with E-state index in [2.05, 4.69) is 53.4 Å². The molecule has 2 amide bonds. The molecule has 162 valence electrons. The first-order valence-electron chi connectivity index (χ1n) is 10.5. The minimum absolute atomic E-state index is 0.116. The summed E-state index contributed by atoms with van der Waals surface area (Å²) in [5.74, 6) is 0.877. The topological polar surface area (TPSA) is 89.5 Å². The third-order valence-electron chi connectivity index (χ3n) is 5.34. The Morgan fingerprint density at radius 3 is 2.77 bits per heavy atom. The highest BCUT2D eigenvalue weighted by Gasteiger charge is 2.24. The molecule has 0 spiro atoms. The number of pyridine rings is 1. The van der Waals surface area contributed by atoms with Gasteiger partial charge < -0.3 is 19.7 Å². The number of nitrogens with one attached hydrogen (secondary N) is 1. The van der Waals surface area contributed by atoms with Gasteiger partial charge in [-0.1, -0.05) is 38.1 Å². The van der Waals surface area contributed by atoms with Crippen molar-refractivity contribution >= 4 is 17.1 Å². The molecule has 1 aliphatic heterocycles. The normalized spacial score (nSPS) is 16.5. The Morgan fingerprint density at radius 1 is 1.26 bits per heavy atom. The van der Waals surface area contributed by atoms with Crippen LogP contribution in [0.15, 0.2) is 42.7 Å². The number of hydrogen-bond donors (Lipinski definition) is 1. The van der Waals surface area contributed by atoms with Crippen LogP contribution in [0.1, 0.15) is 25.3 Å². The maximum atomic E-state index is 11.9. The molecular weight excluding hydrogens is 394 g/mol. The summed E-state index contributed by atoms with van der Waals surface area (Å²) in [6.45, 7) is 6.09. The number of nitrogens with zero attached hydrogens (tertiary/aromatic N) is 4. The molecule has 0 bridgehead atoms. The molecule has 0 aliphatic carbocycles. The molecule has 3 aromatic rings. The average Bonchev–Trinajstić information content (AvgIpc) is 2.82. The molecule has 31 heavy (non-hydrogen) atoms. The summed E-state index contributed by atoms with van der Waals surface area (Å²) in [7, 11) is 1.62. The van der Waals surface area contributed by atoms with Gasteiger partial charge in [-0.15, -0.1) is 0 Å². The van der Waals surface area contributed by atoms with E-state index in [-0.39, 0.29) is 18.7 Å². The zero-order valence-electron chi connectivity index (χ0n) is 18.0. The molecule has 1 fully saturated rings. The number of fused-ring (bicyclic) bond motifs is 1. The lowest BCUT2D eigenvalue weighted by Gasteiger charge is -2.32. The van der Waals surface area contributed by atoms with Crippen LogP contribution >= 0.6 is 0 Å². The third-order valence-corrected chi connectivity index (χ3v) is 5.34. The van der Waals surface area contributed by atoms with E-state index in [9.17, 15) is 4.79 Å². The first-order valence-corrected chi connectivity index (χ1v) is 10.5. The minimum Gasteiger partial charge on any atom is -0.473 e. The number of urea groups is 1. The van der Waals surface area contributed by atoms with Crippen molar-refractivity contribution in [2.45, 2.75) is 25.9 Å². The van der Waals surface area contributed by atoms with E-state index < -0.39 is 0 Å². The summed E-state index contributed by atoms with van der Waals surface area (Å²) in [5.41, 5.74) is 4.35. The van der Waals surface area contributed by atoms with E-state index in [1.165, 1.54) is 5.56 Å². The van der Waals surface area contributed by atoms with Crippen LogP contribution in [0.4, 0.5) is 4.79 Å². The number of amides is 2. The second kappa shape index (κ2) is 9.26. The molecule has 4 rings (SSSR count).